The lowest BCUT2D eigenvalue weighted by Gasteiger charge is -2.26. The highest BCUT2D eigenvalue weighted by atomic mass is 16.5. The quantitative estimate of drug-likeness (QED) is 0.918. The first-order chi connectivity index (χ1) is 9.03. The molecule has 2 aromatic carbocycles. The molecule has 0 heterocycles. The Morgan fingerprint density at radius 2 is 1.74 bits per heavy atom. The minimum atomic E-state index is -0.378. The predicted octanol–water partition coefficient (Wildman–Crippen LogP) is 3.13. The van der Waals surface area contributed by atoms with E-state index in [-0.39, 0.29) is 12.0 Å². The molecule has 0 bridgehead atoms. The lowest BCUT2D eigenvalue weighted by Crippen LogP contribution is -2.23. The van der Waals surface area contributed by atoms with Crippen LogP contribution in [0.3, 0.4) is 0 Å². The van der Waals surface area contributed by atoms with Gasteiger partial charge in [0.1, 0.15) is 11.5 Å². The van der Waals surface area contributed by atoms with Crippen molar-refractivity contribution in [3.63, 3.8) is 0 Å². The highest BCUT2D eigenvalue weighted by molar-refractivity contribution is 5.90. The van der Waals surface area contributed by atoms with Gasteiger partial charge in [-0.1, -0.05) is 26.0 Å². The molecule has 0 aliphatic heterocycles. The number of benzene rings is 2. The van der Waals surface area contributed by atoms with Crippen LogP contribution >= 0.6 is 0 Å². The number of fused-ring (bicyclic) bond motifs is 1. The molecule has 0 aliphatic carbocycles. The van der Waals surface area contributed by atoms with Gasteiger partial charge in [-0.3, -0.25) is 0 Å². The van der Waals surface area contributed by atoms with Crippen LogP contribution in [0.4, 0.5) is 0 Å². The molecule has 0 saturated heterocycles. The molecule has 0 amide bonds. The number of hydrogen-bond acceptors (Lipinski definition) is 3. The maximum absolute atomic E-state index is 9.67. The summed E-state index contributed by atoms with van der Waals surface area (Å²) in [5.41, 5.74) is 0.630. The van der Waals surface area contributed by atoms with E-state index in [9.17, 15) is 5.11 Å². The highest BCUT2D eigenvalue weighted by Gasteiger charge is 2.26. The van der Waals surface area contributed by atoms with Crippen LogP contribution in [0.25, 0.3) is 10.8 Å². The van der Waals surface area contributed by atoms with Gasteiger partial charge in [-0.15, -0.1) is 0 Å². The number of aliphatic hydroxyl groups excluding tert-OH is 1. The summed E-state index contributed by atoms with van der Waals surface area (Å²) in [5, 5.41) is 11.8. The molecule has 0 unspecified atom stereocenters. The molecule has 0 saturated carbocycles. The van der Waals surface area contributed by atoms with Crippen molar-refractivity contribution < 1.29 is 14.6 Å². The van der Waals surface area contributed by atoms with Crippen LogP contribution in [0, 0.1) is 0 Å². The molecule has 2 aromatic rings. The molecular weight excluding hydrogens is 240 g/mol. The molecule has 0 aromatic heterocycles. The Bertz CT molecular complexity index is 583. The van der Waals surface area contributed by atoms with E-state index in [0.717, 1.165) is 27.8 Å². The molecule has 0 aliphatic rings. The zero-order chi connectivity index (χ0) is 14.0. The van der Waals surface area contributed by atoms with Gasteiger partial charge < -0.3 is 14.6 Å². The molecule has 3 nitrogen and oxygen atoms in total. The Labute approximate surface area is 113 Å². The first-order valence-electron chi connectivity index (χ1n) is 6.29. The minimum absolute atomic E-state index is 0.0552. The smallest absolute Gasteiger partial charge is 0.123 e. The average molecular weight is 260 g/mol. The van der Waals surface area contributed by atoms with Crippen molar-refractivity contribution in [1.82, 2.24) is 0 Å². The van der Waals surface area contributed by atoms with Gasteiger partial charge in [0.05, 0.1) is 20.8 Å². The number of rotatable bonds is 4. The Hall–Kier alpha value is -1.74. The fourth-order valence-corrected chi connectivity index (χ4v) is 2.35. The topological polar surface area (TPSA) is 38.7 Å². The van der Waals surface area contributed by atoms with Crippen LogP contribution < -0.4 is 9.47 Å². The molecular formula is C16H20O3. The second-order valence-corrected chi connectivity index (χ2v) is 5.27. The van der Waals surface area contributed by atoms with Crippen molar-refractivity contribution in [2.75, 3.05) is 20.8 Å². The van der Waals surface area contributed by atoms with Gasteiger partial charge in [0.2, 0.25) is 0 Å². The van der Waals surface area contributed by atoms with Crippen LogP contribution in [-0.4, -0.2) is 25.9 Å². The standard InChI is InChI=1S/C16H20O3/c1-16(2,10-17)15-13-9-12(18-3)7-5-11(13)6-8-14(15)19-4/h5-9,17H,10H2,1-4H3. The molecule has 3 heteroatoms. The van der Waals surface area contributed by atoms with Gasteiger partial charge in [0.25, 0.3) is 0 Å². The third-order valence-electron chi connectivity index (χ3n) is 3.48. The molecule has 0 radical (unpaired) electrons. The third-order valence-corrected chi connectivity index (χ3v) is 3.48. The Morgan fingerprint density at radius 1 is 1.05 bits per heavy atom. The summed E-state index contributed by atoms with van der Waals surface area (Å²) in [7, 11) is 3.30. The summed E-state index contributed by atoms with van der Waals surface area (Å²) in [5.74, 6) is 1.59. The van der Waals surface area contributed by atoms with E-state index in [1.54, 1.807) is 14.2 Å². The van der Waals surface area contributed by atoms with Gasteiger partial charge >= 0.3 is 0 Å². The normalized spacial score (nSPS) is 11.6. The zero-order valence-electron chi connectivity index (χ0n) is 11.9. The van der Waals surface area contributed by atoms with E-state index in [1.165, 1.54) is 0 Å². The second kappa shape index (κ2) is 5.10. The van der Waals surface area contributed by atoms with Crippen LogP contribution in [-0.2, 0) is 5.41 Å². The lowest BCUT2D eigenvalue weighted by atomic mass is 9.81. The van der Waals surface area contributed by atoms with Crippen LogP contribution in [0.15, 0.2) is 30.3 Å². The number of methoxy groups -OCH3 is 2. The summed E-state index contributed by atoms with van der Waals surface area (Å²) in [6.07, 6.45) is 0. The lowest BCUT2D eigenvalue weighted by molar-refractivity contribution is 0.216. The first kappa shape index (κ1) is 13.7. The molecule has 102 valence electrons. The number of ether oxygens (including phenoxy) is 2. The van der Waals surface area contributed by atoms with E-state index < -0.39 is 0 Å². The van der Waals surface area contributed by atoms with Crippen LogP contribution in [0.2, 0.25) is 0 Å². The highest BCUT2D eigenvalue weighted by Crippen LogP contribution is 2.38. The van der Waals surface area contributed by atoms with E-state index >= 15 is 0 Å². The third kappa shape index (κ3) is 2.38. The fraction of sp³-hybridized carbons (Fsp3) is 0.375. The van der Waals surface area contributed by atoms with Gasteiger partial charge in [-0.25, -0.2) is 0 Å². The van der Waals surface area contributed by atoms with Gasteiger partial charge in [-0.05, 0) is 29.0 Å². The Kier molecular flexibility index (Phi) is 3.67. The summed E-state index contributed by atoms with van der Waals surface area (Å²) in [4.78, 5) is 0. The molecule has 2 rings (SSSR count). The van der Waals surface area contributed by atoms with E-state index in [4.69, 9.17) is 9.47 Å². The monoisotopic (exact) mass is 260 g/mol. The summed E-state index contributed by atoms with van der Waals surface area (Å²) in [6.45, 7) is 4.06. The molecule has 0 atom stereocenters. The molecule has 1 N–H and O–H groups in total. The molecule has 0 fully saturated rings. The molecule has 0 spiro atoms. The maximum Gasteiger partial charge on any atom is 0.123 e. The largest absolute Gasteiger partial charge is 0.497 e. The first-order valence-corrected chi connectivity index (χ1v) is 6.29. The van der Waals surface area contributed by atoms with Crippen molar-refractivity contribution in [2.45, 2.75) is 19.3 Å². The second-order valence-electron chi connectivity index (χ2n) is 5.27. The zero-order valence-corrected chi connectivity index (χ0v) is 11.9. The maximum atomic E-state index is 9.67. The van der Waals surface area contributed by atoms with Crippen LogP contribution in [0.5, 0.6) is 11.5 Å². The van der Waals surface area contributed by atoms with E-state index in [0.29, 0.717) is 0 Å². The van der Waals surface area contributed by atoms with E-state index in [2.05, 4.69) is 0 Å². The van der Waals surface area contributed by atoms with Gasteiger partial charge in [0, 0.05) is 11.0 Å². The Balaban J connectivity index is 2.81. The van der Waals surface area contributed by atoms with Crippen molar-refractivity contribution in [2.24, 2.45) is 0 Å². The summed E-state index contributed by atoms with van der Waals surface area (Å²) < 4.78 is 10.8. The van der Waals surface area contributed by atoms with E-state index in [1.807, 2.05) is 44.2 Å². The van der Waals surface area contributed by atoms with Crippen molar-refractivity contribution in [3.8, 4) is 11.5 Å². The summed E-state index contributed by atoms with van der Waals surface area (Å²) >= 11 is 0. The fourth-order valence-electron chi connectivity index (χ4n) is 2.35. The van der Waals surface area contributed by atoms with Gasteiger partial charge in [-0.2, -0.15) is 0 Å². The van der Waals surface area contributed by atoms with Gasteiger partial charge in [0.15, 0.2) is 0 Å². The number of hydrogen-bond donors (Lipinski definition) is 1. The minimum Gasteiger partial charge on any atom is -0.497 e. The van der Waals surface area contributed by atoms with Crippen molar-refractivity contribution in [3.05, 3.63) is 35.9 Å². The predicted molar refractivity (Wildman–Crippen MR) is 77.2 cm³/mol. The molecule has 19 heavy (non-hydrogen) atoms. The van der Waals surface area contributed by atoms with Crippen molar-refractivity contribution in [1.29, 1.82) is 0 Å². The van der Waals surface area contributed by atoms with Crippen LogP contribution in [0.1, 0.15) is 19.4 Å². The SMILES string of the molecule is COc1ccc2ccc(OC)c(C(C)(C)CO)c2c1. The Morgan fingerprint density at radius 3 is 2.32 bits per heavy atom. The van der Waals surface area contributed by atoms with Crippen molar-refractivity contribution >= 4 is 10.8 Å². The average Bonchev–Trinajstić information content (AvgIpc) is 2.45. The summed E-state index contributed by atoms with van der Waals surface area (Å²) in [6, 6.07) is 9.91. The number of aliphatic hydroxyl groups is 1.